The molecule has 4 N–H and O–H groups in total. The van der Waals surface area contributed by atoms with Crippen molar-refractivity contribution in [1.82, 2.24) is 4.98 Å². The Morgan fingerprint density at radius 2 is 2.31 bits per heavy atom. The van der Waals surface area contributed by atoms with E-state index >= 15 is 0 Å². The summed E-state index contributed by atoms with van der Waals surface area (Å²) in [7, 11) is 0. The number of aliphatic carboxylic acids is 1. The van der Waals surface area contributed by atoms with Gasteiger partial charge in [-0.05, 0) is 0 Å². The van der Waals surface area contributed by atoms with Crippen LogP contribution < -0.4 is 5.73 Å². The molecule has 16 heavy (non-hydrogen) atoms. The number of phenols is 1. The van der Waals surface area contributed by atoms with Gasteiger partial charge in [-0.1, -0.05) is 0 Å². The first-order valence-corrected chi connectivity index (χ1v) is 6.46. The molecule has 0 bridgehead atoms. The minimum atomic E-state index is -1.04. The van der Waals surface area contributed by atoms with Crippen LogP contribution in [-0.4, -0.2) is 41.7 Å². The van der Waals surface area contributed by atoms with Crippen molar-refractivity contribution in [3.63, 3.8) is 0 Å². The van der Waals surface area contributed by atoms with E-state index in [1.54, 1.807) is 5.07 Å². The molecule has 0 saturated heterocycles. The van der Waals surface area contributed by atoms with E-state index in [-0.39, 0.29) is 26.7 Å². The van der Waals surface area contributed by atoms with Crippen LogP contribution in [0.4, 0.5) is 0 Å². The molecule has 1 aromatic heterocycles. The molecular weight excluding hydrogens is 275 g/mol. The van der Waals surface area contributed by atoms with Crippen LogP contribution in [0, 0.1) is 0 Å². The molecule has 0 aliphatic carbocycles. The molecule has 1 aromatic carbocycles. The third-order valence-corrected chi connectivity index (χ3v) is 3.88. The second-order valence-corrected chi connectivity index (χ2v) is 5.32. The van der Waals surface area contributed by atoms with E-state index in [2.05, 4.69) is 4.98 Å². The van der Waals surface area contributed by atoms with Gasteiger partial charge in [-0.15, -0.1) is 0 Å². The number of hydrogen-bond acceptors (Lipinski definition) is 4. The van der Waals surface area contributed by atoms with Crippen LogP contribution in [0.3, 0.4) is 0 Å². The van der Waals surface area contributed by atoms with Gasteiger partial charge in [0.05, 0.1) is 0 Å². The molecule has 0 fully saturated rings. The fourth-order valence-corrected chi connectivity index (χ4v) is 3.06. The summed E-state index contributed by atoms with van der Waals surface area (Å²) in [6.07, 6.45) is 0.215. The van der Waals surface area contributed by atoms with Gasteiger partial charge in [0.15, 0.2) is 0 Å². The predicted molar refractivity (Wildman–Crippen MR) is 59.7 cm³/mol. The van der Waals surface area contributed by atoms with Crippen LogP contribution >= 0.6 is 0 Å². The van der Waals surface area contributed by atoms with Gasteiger partial charge in [0.2, 0.25) is 0 Å². The van der Waals surface area contributed by atoms with E-state index in [9.17, 15) is 9.90 Å². The second kappa shape index (κ2) is 4.25. The van der Waals surface area contributed by atoms with Gasteiger partial charge >= 0.3 is 97.0 Å². The summed E-state index contributed by atoms with van der Waals surface area (Å²) >= 11 is 0.121. The molecule has 1 atom stereocenters. The number of hydrogen-bond donors (Lipinski definition) is 3. The van der Waals surface area contributed by atoms with Crippen molar-refractivity contribution in [3.05, 3.63) is 22.8 Å². The standard InChI is InChI=1S/C10H10N2O3Se/c11-6(10(14)15)1-5-2-7(13)9-8(3-5)16-4-12-9/h2-4,6,13H,1,11H2,(H,14,15)/t6-/m1/s1. The number of aromatic nitrogens is 1. The number of rotatable bonds is 3. The maximum atomic E-state index is 10.6. The van der Waals surface area contributed by atoms with E-state index in [1.165, 1.54) is 6.07 Å². The fraction of sp³-hybridized carbons (Fsp3) is 0.200. The van der Waals surface area contributed by atoms with E-state index in [1.807, 2.05) is 6.07 Å². The zero-order valence-corrected chi connectivity index (χ0v) is 9.97. The SMILES string of the molecule is N[C@H](Cc1cc(O)c2nc[se]c2c1)C(=O)O. The monoisotopic (exact) mass is 286 g/mol. The van der Waals surface area contributed by atoms with E-state index in [0.29, 0.717) is 5.52 Å². The Kier molecular flexibility index (Phi) is 2.96. The average Bonchev–Trinajstić information content (AvgIpc) is 2.65. The van der Waals surface area contributed by atoms with E-state index in [0.717, 1.165) is 9.82 Å². The first-order chi connectivity index (χ1) is 7.58. The van der Waals surface area contributed by atoms with Gasteiger partial charge in [-0.3, -0.25) is 0 Å². The topological polar surface area (TPSA) is 96.4 Å². The Labute approximate surface area is 97.3 Å². The first-order valence-electron chi connectivity index (χ1n) is 4.61. The Morgan fingerprint density at radius 1 is 1.56 bits per heavy atom. The number of fused-ring (bicyclic) bond motifs is 1. The second-order valence-electron chi connectivity index (χ2n) is 3.46. The zero-order chi connectivity index (χ0) is 11.7. The number of aromatic hydroxyl groups is 1. The molecule has 0 aliphatic heterocycles. The van der Waals surface area contributed by atoms with Crippen LogP contribution in [0.15, 0.2) is 17.2 Å². The summed E-state index contributed by atoms with van der Waals surface area (Å²) in [5, 5.41) is 20.1. The molecule has 0 amide bonds. The van der Waals surface area contributed by atoms with Crippen molar-refractivity contribution in [3.8, 4) is 5.75 Å². The van der Waals surface area contributed by atoms with Crippen molar-refractivity contribution >= 4 is 30.2 Å². The predicted octanol–water partition coefficient (Wildman–Crippen LogP) is -0.0482. The Bertz CT molecular complexity index is 538. The maximum absolute atomic E-state index is 10.6. The van der Waals surface area contributed by atoms with Gasteiger partial charge < -0.3 is 0 Å². The average molecular weight is 285 g/mol. The van der Waals surface area contributed by atoms with Crippen LogP contribution in [-0.2, 0) is 11.2 Å². The third-order valence-electron chi connectivity index (χ3n) is 2.25. The normalized spacial score (nSPS) is 12.8. The fourth-order valence-electron chi connectivity index (χ4n) is 1.46. The molecule has 0 saturated carbocycles. The minimum absolute atomic E-state index is 0.0979. The van der Waals surface area contributed by atoms with Crippen LogP contribution in [0.1, 0.15) is 5.56 Å². The number of benzene rings is 1. The molecular formula is C10H10N2O3Se. The summed E-state index contributed by atoms with van der Waals surface area (Å²) in [4.78, 5) is 14.7. The molecule has 0 aliphatic rings. The number of nitrogens with zero attached hydrogens (tertiary/aromatic N) is 1. The van der Waals surface area contributed by atoms with Crippen molar-refractivity contribution < 1.29 is 15.0 Å². The molecule has 0 radical (unpaired) electrons. The number of carbonyl (C=O) groups is 1. The molecule has 2 rings (SSSR count). The van der Waals surface area contributed by atoms with Crippen molar-refractivity contribution in [2.45, 2.75) is 12.5 Å². The van der Waals surface area contributed by atoms with Gasteiger partial charge in [0.1, 0.15) is 0 Å². The van der Waals surface area contributed by atoms with E-state index < -0.39 is 12.0 Å². The summed E-state index contributed by atoms with van der Waals surface area (Å²) in [5.74, 6) is -0.942. The van der Waals surface area contributed by atoms with Gasteiger partial charge in [0.25, 0.3) is 0 Å². The Hall–Kier alpha value is -1.36. The molecule has 5 nitrogen and oxygen atoms in total. The quantitative estimate of drug-likeness (QED) is 0.687. The van der Waals surface area contributed by atoms with Crippen molar-refractivity contribution in [2.24, 2.45) is 5.73 Å². The van der Waals surface area contributed by atoms with Crippen LogP contribution in [0.2, 0.25) is 0 Å². The molecule has 0 unspecified atom stereocenters. The molecule has 1 heterocycles. The molecule has 0 spiro atoms. The van der Waals surface area contributed by atoms with Crippen LogP contribution in [0.5, 0.6) is 5.75 Å². The number of carboxylic acids is 1. The first kappa shape index (κ1) is 11.1. The van der Waals surface area contributed by atoms with Gasteiger partial charge in [-0.25, -0.2) is 0 Å². The van der Waals surface area contributed by atoms with Gasteiger partial charge in [-0.2, -0.15) is 0 Å². The molecule has 2 aromatic rings. The van der Waals surface area contributed by atoms with E-state index in [4.69, 9.17) is 10.8 Å². The van der Waals surface area contributed by atoms with Crippen molar-refractivity contribution in [1.29, 1.82) is 0 Å². The molecule has 84 valence electrons. The summed E-state index contributed by atoms with van der Waals surface area (Å²) in [6.45, 7) is 0. The summed E-state index contributed by atoms with van der Waals surface area (Å²) in [6, 6.07) is 2.46. The summed E-state index contributed by atoms with van der Waals surface area (Å²) < 4.78 is 0.972. The summed E-state index contributed by atoms with van der Waals surface area (Å²) in [5.41, 5.74) is 6.78. The Morgan fingerprint density at radius 3 is 3.00 bits per heavy atom. The zero-order valence-electron chi connectivity index (χ0n) is 8.25. The number of phenolic OH excluding ortho intramolecular Hbond substituents is 1. The van der Waals surface area contributed by atoms with Gasteiger partial charge in [0, 0.05) is 0 Å². The molecule has 6 heteroatoms. The Balaban J connectivity index is 2.35. The third kappa shape index (κ3) is 2.09. The number of nitrogens with two attached hydrogens (primary N) is 1. The number of carboxylic acid groups (broad SMARTS) is 1. The van der Waals surface area contributed by atoms with Crippen LogP contribution in [0.25, 0.3) is 9.78 Å². The van der Waals surface area contributed by atoms with Crippen molar-refractivity contribution in [2.75, 3.05) is 0 Å².